The van der Waals surface area contributed by atoms with E-state index in [0.29, 0.717) is 18.8 Å². The molecule has 6 heteroatoms. The molecular formula is C15H19BrN4O. The van der Waals surface area contributed by atoms with Crippen LogP contribution >= 0.6 is 15.9 Å². The number of halogens is 1. The fraction of sp³-hybridized carbons (Fsp3) is 0.333. The summed E-state index contributed by atoms with van der Waals surface area (Å²) in [6.07, 6.45) is 3.22. The van der Waals surface area contributed by atoms with Gasteiger partial charge in [-0.3, -0.25) is 4.79 Å². The molecule has 0 radical (unpaired) electrons. The van der Waals surface area contributed by atoms with E-state index in [0.717, 1.165) is 16.5 Å². The lowest BCUT2D eigenvalue weighted by Crippen LogP contribution is -2.36. The third kappa shape index (κ3) is 4.41. The maximum absolute atomic E-state index is 12.0. The molecule has 1 heterocycles. The van der Waals surface area contributed by atoms with E-state index >= 15 is 0 Å². The molecule has 0 bridgehead atoms. The van der Waals surface area contributed by atoms with E-state index in [2.05, 4.69) is 26.3 Å². The smallest absolute Gasteiger partial charge is 0.242 e. The number of nitrogens with zero attached hydrogens (tertiary/aromatic N) is 2. The predicted octanol–water partition coefficient (Wildman–Crippen LogP) is 2.76. The van der Waals surface area contributed by atoms with Crippen LogP contribution in [0.15, 0.2) is 41.0 Å². The maximum atomic E-state index is 12.0. The lowest BCUT2D eigenvalue weighted by Gasteiger charge is -2.13. The Bertz CT molecular complexity index is 611. The summed E-state index contributed by atoms with van der Waals surface area (Å²) in [5.41, 5.74) is 6.92. The van der Waals surface area contributed by atoms with E-state index in [1.54, 1.807) is 16.9 Å². The molecule has 0 fully saturated rings. The molecule has 1 aromatic heterocycles. The highest BCUT2D eigenvalue weighted by atomic mass is 79.9. The van der Waals surface area contributed by atoms with Crippen molar-refractivity contribution in [3.05, 3.63) is 46.6 Å². The van der Waals surface area contributed by atoms with Gasteiger partial charge in [-0.25, -0.2) is 4.68 Å². The van der Waals surface area contributed by atoms with Gasteiger partial charge in [-0.1, -0.05) is 41.4 Å². The lowest BCUT2D eigenvalue weighted by molar-refractivity contribution is -0.117. The number of aromatic nitrogens is 2. The first kappa shape index (κ1) is 15.7. The first-order chi connectivity index (χ1) is 10.1. The van der Waals surface area contributed by atoms with Crippen LogP contribution in [0.5, 0.6) is 0 Å². The van der Waals surface area contributed by atoms with E-state index in [1.807, 2.05) is 31.2 Å². The van der Waals surface area contributed by atoms with E-state index < -0.39 is 6.04 Å². The number of amides is 1. The van der Waals surface area contributed by atoms with Crippen molar-refractivity contribution in [2.45, 2.75) is 32.4 Å². The number of benzene rings is 1. The number of nitrogens with one attached hydrogen (secondary N) is 1. The third-order valence-corrected chi connectivity index (χ3v) is 3.62. The van der Waals surface area contributed by atoms with Crippen molar-refractivity contribution in [3.63, 3.8) is 0 Å². The van der Waals surface area contributed by atoms with E-state index in [-0.39, 0.29) is 5.91 Å². The van der Waals surface area contributed by atoms with Gasteiger partial charge in [0.15, 0.2) is 0 Å². The number of anilines is 1. The molecule has 3 N–H and O–H groups in total. The van der Waals surface area contributed by atoms with Crippen LogP contribution in [-0.4, -0.2) is 21.7 Å². The molecule has 5 nitrogen and oxygen atoms in total. The van der Waals surface area contributed by atoms with Crippen LogP contribution in [0.1, 0.15) is 25.3 Å². The number of carbonyl (C=O) groups is 1. The first-order valence-corrected chi connectivity index (χ1v) is 7.72. The molecule has 0 saturated heterocycles. The van der Waals surface area contributed by atoms with Crippen LogP contribution in [0.2, 0.25) is 0 Å². The summed E-state index contributed by atoms with van der Waals surface area (Å²) in [4.78, 5) is 12.0. The highest BCUT2D eigenvalue weighted by Gasteiger charge is 2.14. The molecule has 2 aromatic rings. The van der Waals surface area contributed by atoms with Crippen molar-refractivity contribution in [2.24, 2.45) is 5.73 Å². The fourth-order valence-corrected chi connectivity index (χ4v) is 2.48. The summed E-state index contributed by atoms with van der Waals surface area (Å²) in [5, 5.41) is 7.08. The Labute approximate surface area is 132 Å². The second-order valence-corrected chi connectivity index (χ2v) is 5.80. The molecule has 112 valence electrons. The topological polar surface area (TPSA) is 72.9 Å². The van der Waals surface area contributed by atoms with Gasteiger partial charge in [-0.15, -0.1) is 0 Å². The molecule has 0 aliphatic heterocycles. The van der Waals surface area contributed by atoms with E-state index in [1.165, 1.54) is 0 Å². The van der Waals surface area contributed by atoms with Crippen molar-refractivity contribution in [3.8, 4) is 0 Å². The molecule has 1 amide bonds. The van der Waals surface area contributed by atoms with Gasteiger partial charge < -0.3 is 11.1 Å². The fourth-order valence-electron chi connectivity index (χ4n) is 2.03. The zero-order valence-electron chi connectivity index (χ0n) is 11.9. The van der Waals surface area contributed by atoms with Crippen molar-refractivity contribution >= 4 is 27.7 Å². The molecular weight excluding hydrogens is 332 g/mol. The molecule has 0 aliphatic rings. The Kier molecular flexibility index (Phi) is 5.52. The zero-order chi connectivity index (χ0) is 15.2. The Balaban J connectivity index is 2.06. The van der Waals surface area contributed by atoms with Crippen molar-refractivity contribution in [1.29, 1.82) is 0 Å². The lowest BCUT2D eigenvalue weighted by atomic mass is 10.2. The van der Waals surface area contributed by atoms with Crippen LogP contribution in [0.4, 0.5) is 5.82 Å². The second kappa shape index (κ2) is 7.38. The quantitative estimate of drug-likeness (QED) is 0.841. The maximum Gasteiger partial charge on any atom is 0.242 e. The van der Waals surface area contributed by atoms with Gasteiger partial charge in [0, 0.05) is 10.5 Å². The number of rotatable bonds is 6. The highest BCUT2D eigenvalue weighted by Crippen LogP contribution is 2.15. The number of carbonyl (C=O) groups excluding carboxylic acids is 1. The number of nitrogens with two attached hydrogens (primary N) is 1. The van der Waals surface area contributed by atoms with Crippen molar-refractivity contribution in [2.75, 3.05) is 5.32 Å². The van der Waals surface area contributed by atoms with Gasteiger partial charge in [0.25, 0.3) is 0 Å². The molecule has 0 aliphatic carbocycles. The Morgan fingerprint density at radius 3 is 3.00 bits per heavy atom. The monoisotopic (exact) mass is 350 g/mol. The Morgan fingerprint density at radius 2 is 2.29 bits per heavy atom. The third-order valence-electron chi connectivity index (χ3n) is 3.13. The minimum Gasteiger partial charge on any atom is -0.320 e. The molecule has 0 spiro atoms. The minimum absolute atomic E-state index is 0.173. The van der Waals surface area contributed by atoms with Gasteiger partial charge in [-0.2, -0.15) is 5.10 Å². The standard InChI is InChI=1S/C15H19BrN4O/c1-2-4-13(17)15(21)19-14-7-8-18-20(14)10-11-5-3-6-12(16)9-11/h3,5-9,13H,2,4,10,17H2,1H3,(H,19,21). The summed E-state index contributed by atoms with van der Waals surface area (Å²) in [6, 6.07) is 9.27. The van der Waals surface area contributed by atoms with Gasteiger partial charge >= 0.3 is 0 Å². The average molecular weight is 351 g/mol. The average Bonchev–Trinajstić information content (AvgIpc) is 2.86. The van der Waals surface area contributed by atoms with Crippen LogP contribution in [0, 0.1) is 0 Å². The Morgan fingerprint density at radius 1 is 1.48 bits per heavy atom. The Hall–Kier alpha value is -1.66. The van der Waals surface area contributed by atoms with E-state index in [4.69, 9.17) is 5.73 Å². The van der Waals surface area contributed by atoms with Crippen LogP contribution in [-0.2, 0) is 11.3 Å². The number of hydrogen-bond donors (Lipinski definition) is 2. The summed E-state index contributed by atoms with van der Waals surface area (Å²) < 4.78 is 2.76. The normalized spacial score (nSPS) is 12.1. The zero-order valence-corrected chi connectivity index (χ0v) is 13.5. The van der Waals surface area contributed by atoms with Crippen molar-refractivity contribution < 1.29 is 4.79 Å². The summed E-state index contributed by atoms with van der Waals surface area (Å²) in [7, 11) is 0. The molecule has 1 unspecified atom stereocenters. The van der Waals surface area contributed by atoms with Gasteiger partial charge in [0.05, 0.1) is 18.8 Å². The molecule has 1 aromatic carbocycles. The minimum atomic E-state index is -0.482. The van der Waals surface area contributed by atoms with Crippen LogP contribution < -0.4 is 11.1 Å². The molecule has 0 saturated carbocycles. The predicted molar refractivity (Wildman–Crippen MR) is 87.0 cm³/mol. The second-order valence-electron chi connectivity index (χ2n) is 4.89. The van der Waals surface area contributed by atoms with Crippen LogP contribution in [0.3, 0.4) is 0 Å². The molecule has 1 atom stereocenters. The van der Waals surface area contributed by atoms with Gasteiger partial charge in [0.2, 0.25) is 5.91 Å². The summed E-state index contributed by atoms with van der Waals surface area (Å²) >= 11 is 3.45. The van der Waals surface area contributed by atoms with Crippen LogP contribution in [0.25, 0.3) is 0 Å². The highest BCUT2D eigenvalue weighted by molar-refractivity contribution is 9.10. The summed E-state index contributed by atoms with van der Waals surface area (Å²) in [5.74, 6) is 0.486. The van der Waals surface area contributed by atoms with Crippen molar-refractivity contribution in [1.82, 2.24) is 9.78 Å². The molecule has 21 heavy (non-hydrogen) atoms. The largest absolute Gasteiger partial charge is 0.320 e. The van der Waals surface area contributed by atoms with E-state index in [9.17, 15) is 4.79 Å². The number of hydrogen-bond acceptors (Lipinski definition) is 3. The molecule has 2 rings (SSSR count). The SMILES string of the molecule is CCCC(N)C(=O)Nc1ccnn1Cc1cccc(Br)c1. The summed E-state index contributed by atoms with van der Waals surface area (Å²) in [6.45, 7) is 2.59. The van der Waals surface area contributed by atoms with Gasteiger partial charge in [0.1, 0.15) is 5.82 Å². The van der Waals surface area contributed by atoms with Gasteiger partial charge in [-0.05, 0) is 24.1 Å². The first-order valence-electron chi connectivity index (χ1n) is 6.93.